The summed E-state index contributed by atoms with van der Waals surface area (Å²) in [5.41, 5.74) is 3.51. The van der Waals surface area contributed by atoms with Gasteiger partial charge in [-0.05, 0) is 57.5 Å². The van der Waals surface area contributed by atoms with Crippen LogP contribution in [0.15, 0.2) is 40.3 Å². The van der Waals surface area contributed by atoms with Crippen molar-refractivity contribution in [3.8, 4) is 11.8 Å². The smallest absolute Gasteiger partial charge is 0.262 e. The molecule has 32 heavy (non-hydrogen) atoms. The minimum atomic E-state index is -0.456. The highest BCUT2D eigenvalue weighted by Crippen LogP contribution is 2.31. The molecule has 1 N–H and O–H groups in total. The monoisotopic (exact) mass is 435 g/mol. The summed E-state index contributed by atoms with van der Waals surface area (Å²) in [7, 11) is 3.25. The van der Waals surface area contributed by atoms with Gasteiger partial charge in [0.15, 0.2) is 11.3 Å². The van der Waals surface area contributed by atoms with Crippen LogP contribution < -0.4 is 10.1 Å². The number of carbonyl (C=O) groups excluding carboxylic acids is 1. The van der Waals surface area contributed by atoms with Gasteiger partial charge in [-0.2, -0.15) is 5.26 Å². The van der Waals surface area contributed by atoms with E-state index in [0.29, 0.717) is 23.7 Å². The number of nitrogens with zero attached hydrogens (tertiary/aromatic N) is 2. The normalized spacial score (nSPS) is 13.6. The Hall–Kier alpha value is -3.50. The van der Waals surface area contributed by atoms with E-state index in [1.165, 1.54) is 0 Å². The van der Waals surface area contributed by atoms with Crippen LogP contribution >= 0.6 is 0 Å². The molecule has 2 atom stereocenters. The molecule has 1 amide bonds. The third-order valence-corrected chi connectivity index (χ3v) is 5.56. The molecule has 168 valence electrons. The first-order valence-corrected chi connectivity index (χ1v) is 10.5. The Labute approximate surface area is 188 Å². The predicted octanol–water partition coefficient (Wildman–Crippen LogP) is 4.85. The quantitative estimate of drug-likeness (QED) is 0.403. The van der Waals surface area contributed by atoms with Gasteiger partial charge in [-0.15, -0.1) is 0 Å². The maximum atomic E-state index is 12.8. The second-order valence-electron chi connectivity index (χ2n) is 7.89. The van der Waals surface area contributed by atoms with Crippen LogP contribution in [0.1, 0.15) is 48.6 Å². The summed E-state index contributed by atoms with van der Waals surface area (Å²) in [6.45, 7) is 8.43. The molecule has 0 aliphatic rings. The summed E-state index contributed by atoms with van der Waals surface area (Å²) in [4.78, 5) is 12.8. The maximum absolute atomic E-state index is 12.8. The SMILES string of the molecule is COCC(C)n1c(C)cc(/C=C(\C#N)C(=O)NC(C)c2cc3cccc(OC)c3o2)c1C. The minimum absolute atomic E-state index is 0.0326. The van der Waals surface area contributed by atoms with Crippen LogP contribution in [0.2, 0.25) is 0 Å². The average Bonchev–Trinajstić information content (AvgIpc) is 3.32. The molecule has 2 aromatic heterocycles. The molecule has 3 rings (SSSR count). The number of fused-ring (bicyclic) bond motifs is 1. The number of benzene rings is 1. The highest BCUT2D eigenvalue weighted by Gasteiger charge is 2.20. The first kappa shape index (κ1) is 23.2. The van der Waals surface area contributed by atoms with E-state index in [0.717, 1.165) is 22.3 Å². The molecule has 0 saturated heterocycles. The fourth-order valence-corrected chi connectivity index (χ4v) is 4.02. The molecule has 1 aromatic carbocycles. The number of hydrogen-bond donors (Lipinski definition) is 1. The van der Waals surface area contributed by atoms with Crippen LogP contribution in [0.25, 0.3) is 17.0 Å². The van der Waals surface area contributed by atoms with Crippen LogP contribution in [-0.2, 0) is 9.53 Å². The van der Waals surface area contributed by atoms with Crippen molar-refractivity contribution in [1.82, 2.24) is 9.88 Å². The van der Waals surface area contributed by atoms with Crippen molar-refractivity contribution in [2.75, 3.05) is 20.8 Å². The van der Waals surface area contributed by atoms with E-state index in [9.17, 15) is 10.1 Å². The number of ether oxygens (including phenoxy) is 2. The van der Waals surface area contributed by atoms with Gasteiger partial charge in [-0.3, -0.25) is 4.79 Å². The highest BCUT2D eigenvalue weighted by molar-refractivity contribution is 6.02. The Balaban J connectivity index is 1.83. The van der Waals surface area contributed by atoms with Gasteiger partial charge in [0.1, 0.15) is 17.4 Å². The molecule has 0 saturated carbocycles. The number of rotatable bonds is 8. The Morgan fingerprint density at radius 3 is 2.69 bits per heavy atom. The number of amides is 1. The number of hydrogen-bond acceptors (Lipinski definition) is 5. The van der Waals surface area contributed by atoms with Gasteiger partial charge in [-0.1, -0.05) is 12.1 Å². The van der Waals surface area contributed by atoms with Gasteiger partial charge in [0.05, 0.1) is 25.8 Å². The highest BCUT2D eigenvalue weighted by atomic mass is 16.5. The van der Waals surface area contributed by atoms with E-state index in [-0.39, 0.29) is 11.6 Å². The van der Waals surface area contributed by atoms with Crippen molar-refractivity contribution in [3.63, 3.8) is 0 Å². The number of methoxy groups -OCH3 is 2. The molecular weight excluding hydrogens is 406 g/mol. The van der Waals surface area contributed by atoms with Crippen LogP contribution in [0.3, 0.4) is 0 Å². The first-order valence-electron chi connectivity index (χ1n) is 10.5. The molecule has 2 heterocycles. The van der Waals surface area contributed by atoms with Crippen LogP contribution in [0.4, 0.5) is 0 Å². The zero-order valence-electron chi connectivity index (χ0n) is 19.4. The average molecular weight is 436 g/mol. The topological polar surface area (TPSA) is 89.4 Å². The van der Waals surface area contributed by atoms with Crippen molar-refractivity contribution in [2.45, 2.75) is 39.8 Å². The third-order valence-electron chi connectivity index (χ3n) is 5.56. The van der Waals surface area contributed by atoms with Gasteiger partial charge in [-0.25, -0.2) is 0 Å². The summed E-state index contributed by atoms with van der Waals surface area (Å²) in [6, 6.07) is 11.2. The third kappa shape index (κ3) is 4.56. The maximum Gasteiger partial charge on any atom is 0.262 e. The summed E-state index contributed by atoms with van der Waals surface area (Å²) < 4.78 is 18.7. The van der Waals surface area contributed by atoms with Crippen LogP contribution in [0.5, 0.6) is 5.75 Å². The molecule has 0 spiro atoms. The Kier molecular flexibility index (Phi) is 7.06. The molecule has 0 radical (unpaired) electrons. The summed E-state index contributed by atoms with van der Waals surface area (Å²) in [6.07, 6.45) is 1.63. The Bertz CT molecular complexity index is 1200. The molecule has 0 bridgehead atoms. The van der Waals surface area contributed by atoms with Crippen molar-refractivity contribution in [3.05, 3.63) is 58.6 Å². The largest absolute Gasteiger partial charge is 0.493 e. The van der Waals surface area contributed by atoms with Gasteiger partial charge in [0, 0.05) is 23.9 Å². The molecule has 0 aliphatic heterocycles. The summed E-state index contributed by atoms with van der Waals surface area (Å²) in [5, 5.41) is 13.4. The molecule has 3 aromatic rings. The van der Waals surface area contributed by atoms with E-state index < -0.39 is 11.9 Å². The van der Waals surface area contributed by atoms with E-state index in [1.807, 2.05) is 57.2 Å². The number of nitrogens with one attached hydrogen (secondary N) is 1. The van der Waals surface area contributed by atoms with E-state index in [4.69, 9.17) is 13.9 Å². The molecule has 7 heteroatoms. The Morgan fingerprint density at radius 2 is 2.03 bits per heavy atom. The number of nitriles is 1. The van der Waals surface area contributed by atoms with Gasteiger partial charge >= 0.3 is 0 Å². The lowest BCUT2D eigenvalue weighted by atomic mass is 10.1. The van der Waals surface area contributed by atoms with E-state index >= 15 is 0 Å². The second-order valence-corrected chi connectivity index (χ2v) is 7.89. The number of para-hydroxylation sites is 1. The van der Waals surface area contributed by atoms with Crippen molar-refractivity contribution in [1.29, 1.82) is 5.26 Å². The predicted molar refractivity (Wildman–Crippen MR) is 123 cm³/mol. The Morgan fingerprint density at radius 1 is 1.28 bits per heavy atom. The molecular formula is C25H29N3O4. The van der Waals surface area contributed by atoms with Crippen molar-refractivity contribution < 1.29 is 18.7 Å². The first-order chi connectivity index (χ1) is 15.3. The fraction of sp³-hybridized carbons (Fsp3) is 0.360. The number of aromatic nitrogens is 1. The van der Waals surface area contributed by atoms with E-state index in [2.05, 4.69) is 16.8 Å². The standard InChI is InChI=1S/C25H29N3O4/c1-15-10-20(18(4)28(15)16(2)14-30-5)11-21(13-26)25(29)27-17(3)23-12-19-8-7-9-22(31-6)24(19)32-23/h7-12,16-17H,14H2,1-6H3,(H,27,29)/b21-11+. The number of furan rings is 1. The zero-order valence-corrected chi connectivity index (χ0v) is 19.4. The second kappa shape index (κ2) is 9.75. The van der Waals surface area contributed by atoms with Crippen LogP contribution in [0, 0.1) is 25.2 Å². The minimum Gasteiger partial charge on any atom is -0.493 e. The molecule has 0 fully saturated rings. The molecule has 0 aliphatic carbocycles. The van der Waals surface area contributed by atoms with Crippen molar-refractivity contribution >= 4 is 23.0 Å². The summed E-state index contributed by atoms with van der Waals surface area (Å²) >= 11 is 0. The summed E-state index contributed by atoms with van der Waals surface area (Å²) in [5.74, 6) is 0.756. The number of aryl methyl sites for hydroxylation is 1. The lowest BCUT2D eigenvalue weighted by Gasteiger charge is -2.17. The van der Waals surface area contributed by atoms with Crippen LogP contribution in [-0.4, -0.2) is 31.3 Å². The number of carbonyl (C=O) groups is 1. The van der Waals surface area contributed by atoms with E-state index in [1.54, 1.807) is 20.3 Å². The van der Waals surface area contributed by atoms with Gasteiger partial charge < -0.3 is 23.8 Å². The van der Waals surface area contributed by atoms with Gasteiger partial charge in [0.2, 0.25) is 0 Å². The van der Waals surface area contributed by atoms with Crippen molar-refractivity contribution in [2.24, 2.45) is 0 Å². The zero-order chi connectivity index (χ0) is 23.4. The lowest BCUT2D eigenvalue weighted by Crippen LogP contribution is -2.27. The molecule has 2 unspecified atom stereocenters. The molecule has 7 nitrogen and oxygen atoms in total. The lowest BCUT2D eigenvalue weighted by molar-refractivity contribution is -0.117. The van der Waals surface area contributed by atoms with Gasteiger partial charge in [0.25, 0.3) is 5.91 Å². The fourth-order valence-electron chi connectivity index (χ4n) is 4.02.